The van der Waals surface area contributed by atoms with Gasteiger partial charge in [0, 0.05) is 17.0 Å². The summed E-state index contributed by atoms with van der Waals surface area (Å²) in [7, 11) is 0. The molecule has 1 N–H and O–H groups in total. The van der Waals surface area contributed by atoms with Crippen LogP contribution in [0.1, 0.15) is 75.6 Å². The summed E-state index contributed by atoms with van der Waals surface area (Å²) in [6.45, 7) is 10.7. The Labute approximate surface area is 228 Å². The molecule has 0 amide bonds. The summed E-state index contributed by atoms with van der Waals surface area (Å²) < 4.78 is 13.0. The summed E-state index contributed by atoms with van der Waals surface area (Å²) in [5.74, 6) is 2.92. The quantitative estimate of drug-likeness (QED) is 0.367. The van der Waals surface area contributed by atoms with Gasteiger partial charge in [0.1, 0.15) is 24.7 Å². The predicted octanol–water partition coefficient (Wildman–Crippen LogP) is 7.87. The van der Waals surface area contributed by atoms with Gasteiger partial charge in [0.2, 0.25) is 0 Å². The maximum absolute atomic E-state index is 10.9. The number of benzene rings is 3. The fourth-order valence-electron chi connectivity index (χ4n) is 8.65. The summed E-state index contributed by atoms with van der Waals surface area (Å²) in [6.07, 6.45) is 5.11. The van der Waals surface area contributed by atoms with E-state index in [1.54, 1.807) is 0 Å². The highest BCUT2D eigenvalue weighted by Crippen LogP contribution is 2.68. The minimum atomic E-state index is -0.212. The zero-order chi connectivity index (χ0) is 26.5. The van der Waals surface area contributed by atoms with Gasteiger partial charge in [-0.2, -0.15) is 0 Å². The molecule has 4 unspecified atom stereocenters. The smallest absolute Gasteiger partial charge is 0.127 e. The number of hydrogen-bond acceptors (Lipinski definition) is 3. The molecule has 2 fully saturated rings. The monoisotopic (exact) mass is 510 g/mol. The molecule has 5 atom stereocenters. The summed E-state index contributed by atoms with van der Waals surface area (Å²) in [5, 5.41) is 10.9. The Morgan fingerprint density at radius 2 is 1.39 bits per heavy atom. The molecule has 3 heteroatoms. The molecule has 200 valence electrons. The maximum Gasteiger partial charge on any atom is 0.127 e. The van der Waals surface area contributed by atoms with Crippen LogP contribution in [-0.4, -0.2) is 11.2 Å². The minimum Gasteiger partial charge on any atom is -0.489 e. The van der Waals surface area contributed by atoms with Crippen LogP contribution < -0.4 is 9.47 Å². The lowest BCUT2D eigenvalue weighted by Crippen LogP contribution is -2.58. The summed E-state index contributed by atoms with van der Waals surface area (Å²) in [5.41, 5.74) is 5.32. The Balaban J connectivity index is 1.37. The van der Waals surface area contributed by atoms with Crippen molar-refractivity contribution in [3.63, 3.8) is 0 Å². The Morgan fingerprint density at radius 1 is 0.763 bits per heavy atom. The van der Waals surface area contributed by atoms with Crippen LogP contribution in [0.25, 0.3) is 0 Å². The molecule has 6 rings (SSSR count). The Kier molecular flexibility index (Phi) is 6.34. The van der Waals surface area contributed by atoms with Gasteiger partial charge < -0.3 is 14.6 Å². The second kappa shape index (κ2) is 9.45. The van der Waals surface area contributed by atoms with Crippen molar-refractivity contribution in [1.82, 2.24) is 0 Å². The van der Waals surface area contributed by atoms with E-state index in [4.69, 9.17) is 9.47 Å². The van der Waals surface area contributed by atoms with Gasteiger partial charge in [-0.05, 0) is 77.5 Å². The standard InChI is InChI=1S/C35H42O3/c1-33(2)29-15-17-35(4)30(34(29,3)18-16-31(33)36)20-26-19-27(37-22-24-11-7-5-8-12-24)21-28(32(26)35)38-23-25-13-9-6-10-14-25/h5-14,19,21,29-31,36H,15-18,20,22-23H2,1-4H3/t29?,30?,31?,34?,35-/m1/s1. The van der Waals surface area contributed by atoms with Crippen LogP contribution >= 0.6 is 0 Å². The molecular weight excluding hydrogens is 468 g/mol. The van der Waals surface area contributed by atoms with Gasteiger partial charge in [-0.3, -0.25) is 0 Å². The lowest BCUT2D eigenvalue weighted by atomic mass is 9.43. The van der Waals surface area contributed by atoms with E-state index in [0.29, 0.717) is 25.0 Å². The summed E-state index contributed by atoms with van der Waals surface area (Å²) in [4.78, 5) is 0. The highest BCUT2D eigenvalue weighted by atomic mass is 16.5. The van der Waals surface area contributed by atoms with Crippen LogP contribution in [0.4, 0.5) is 0 Å². The topological polar surface area (TPSA) is 38.7 Å². The lowest BCUT2D eigenvalue weighted by molar-refractivity contribution is -0.151. The molecule has 0 saturated heterocycles. The molecule has 2 saturated carbocycles. The molecular formula is C35H42O3. The van der Waals surface area contributed by atoms with Crippen molar-refractivity contribution in [2.45, 2.75) is 84.5 Å². The van der Waals surface area contributed by atoms with Crippen LogP contribution in [0.2, 0.25) is 0 Å². The van der Waals surface area contributed by atoms with Crippen LogP contribution in [0, 0.1) is 22.7 Å². The van der Waals surface area contributed by atoms with E-state index in [1.165, 1.54) is 22.3 Å². The molecule has 3 aliphatic carbocycles. The first-order valence-electron chi connectivity index (χ1n) is 14.4. The fourth-order valence-corrected chi connectivity index (χ4v) is 8.65. The van der Waals surface area contributed by atoms with Crippen molar-refractivity contribution < 1.29 is 14.6 Å². The van der Waals surface area contributed by atoms with Gasteiger partial charge in [0.15, 0.2) is 0 Å². The highest BCUT2D eigenvalue weighted by Gasteiger charge is 2.63. The third kappa shape index (κ3) is 4.14. The molecule has 0 heterocycles. The SMILES string of the molecule is CC1(C)C(O)CCC2(C)C1CC[C@@]1(C)c3c(cc(OCc4ccccc4)cc3OCc3ccccc3)CC21. The van der Waals surface area contributed by atoms with Crippen LogP contribution in [0.3, 0.4) is 0 Å². The third-order valence-corrected chi connectivity index (χ3v) is 10.7. The number of fused-ring (bicyclic) bond motifs is 5. The Hall–Kier alpha value is -2.78. The normalized spacial score (nSPS) is 31.1. The van der Waals surface area contributed by atoms with Gasteiger partial charge in [0.25, 0.3) is 0 Å². The zero-order valence-corrected chi connectivity index (χ0v) is 23.4. The van der Waals surface area contributed by atoms with Crippen molar-refractivity contribution in [3.8, 4) is 11.5 Å². The molecule has 3 aliphatic rings. The molecule has 0 aliphatic heterocycles. The van der Waals surface area contributed by atoms with Gasteiger partial charge >= 0.3 is 0 Å². The molecule has 3 nitrogen and oxygen atoms in total. The number of aliphatic hydroxyl groups is 1. The van der Waals surface area contributed by atoms with E-state index in [9.17, 15) is 5.11 Å². The summed E-state index contributed by atoms with van der Waals surface area (Å²) in [6, 6.07) is 25.2. The molecule has 3 aromatic carbocycles. The number of ether oxygens (including phenoxy) is 2. The van der Waals surface area contributed by atoms with E-state index in [2.05, 4.69) is 88.4 Å². The largest absolute Gasteiger partial charge is 0.489 e. The molecule has 0 spiro atoms. The third-order valence-electron chi connectivity index (χ3n) is 10.7. The van der Waals surface area contributed by atoms with Crippen molar-refractivity contribution in [3.05, 3.63) is 95.1 Å². The van der Waals surface area contributed by atoms with Gasteiger partial charge in [-0.1, -0.05) is 88.4 Å². The predicted molar refractivity (Wildman–Crippen MR) is 152 cm³/mol. The molecule has 0 aromatic heterocycles. The van der Waals surface area contributed by atoms with Gasteiger partial charge in [0.05, 0.1) is 6.10 Å². The lowest BCUT2D eigenvalue weighted by Gasteiger charge is -2.62. The van der Waals surface area contributed by atoms with E-state index < -0.39 is 0 Å². The maximum atomic E-state index is 10.9. The van der Waals surface area contributed by atoms with E-state index >= 15 is 0 Å². The first kappa shape index (κ1) is 25.5. The molecule has 0 radical (unpaired) electrons. The number of rotatable bonds is 6. The van der Waals surface area contributed by atoms with Crippen LogP contribution in [0.15, 0.2) is 72.8 Å². The summed E-state index contributed by atoms with van der Waals surface area (Å²) >= 11 is 0. The van der Waals surface area contributed by atoms with Crippen LogP contribution in [-0.2, 0) is 25.0 Å². The van der Waals surface area contributed by atoms with E-state index in [-0.39, 0.29) is 22.3 Å². The van der Waals surface area contributed by atoms with Gasteiger partial charge in [-0.25, -0.2) is 0 Å². The number of hydrogen-bond donors (Lipinski definition) is 1. The first-order valence-corrected chi connectivity index (χ1v) is 14.4. The van der Waals surface area contributed by atoms with Crippen molar-refractivity contribution in [2.24, 2.45) is 22.7 Å². The second-order valence-corrected chi connectivity index (χ2v) is 13.2. The van der Waals surface area contributed by atoms with Crippen molar-refractivity contribution >= 4 is 0 Å². The van der Waals surface area contributed by atoms with Crippen molar-refractivity contribution in [1.29, 1.82) is 0 Å². The first-order chi connectivity index (χ1) is 18.2. The van der Waals surface area contributed by atoms with Crippen molar-refractivity contribution in [2.75, 3.05) is 0 Å². The molecule has 0 bridgehead atoms. The van der Waals surface area contributed by atoms with E-state index in [1.807, 2.05) is 12.1 Å². The average molecular weight is 511 g/mol. The minimum absolute atomic E-state index is 0.0559. The molecule has 38 heavy (non-hydrogen) atoms. The Bertz CT molecular complexity index is 1280. The Morgan fingerprint density at radius 3 is 2.05 bits per heavy atom. The average Bonchev–Trinajstić information content (AvgIpc) is 3.23. The number of aliphatic hydroxyl groups excluding tert-OH is 1. The van der Waals surface area contributed by atoms with Crippen LogP contribution in [0.5, 0.6) is 11.5 Å². The fraction of sp³-hybridized carbons (Fsp3) is 0.486. The zero-order valence-electron chi connectivity index (χ0n) is 23.4. The van der Waals surface area contributed by atoms with Gasteiger partial charge in [-0.15, -0.1) is 0 Å². The van der Waals surface area contributed by atoms with E-state index in [0.717, 1.165) is 43.6 Å². The second-order valence-electron chi connectivity index (χ2n) is 13.2. The highest BCUT2D eigenvalue weighted by molar-refractivity contribution is 5.55. The molecule has 3 aromatic rings.